The molecule has 1 atom stereocenters. The van der Waals surface area contributed by atoms with Crippen molar-refractivity contribution in [3.8, 4) is 0 Å². The molecule has 6 nitrogen and oxygen atoms in total. The molecule has 1 heterocycles. The van der Waals surface area contributed by atoms with E-state index in [2.05, 4.69) is 10.6 Å². The van der Waals surface area contributed by atoms with Gasteiger partial charge in [0, 0.05) is 30.4 Å². The van der Waals surface area contributed by atoms with Gasteiger partial charge in [-0.1, -0.05) is 36.4 Å². The summed E-state index contributed by atoms with van der Waals surface area (Å²) in [5.74, 6) is 0. The number of hydrogen-bond donors (Lipinski definition) is 2. The third-order valence-corrected chi connectivity index (χ3v) is 4.62. The molecule has 142 valence electrons. The van der Waals surface area contributed by atoms with Crippen LogP contribution in [0.15, 0.2) is 60.7 Å². The lowest BCUT2D eigenvalue weighted by Crippen LogP contribution is -2.46. The first kappa shape index (κ1) is 18.8. The zero-order chi connectivity index (χ0) is 18.9. The van der Waals surface area contributed by atoms with E-state index in [1.54, 1.807) is 12.1 Å². The monoisotopic (exact) mass is 367 g/mol. The number of rotatable bonds is 5. The highest BCUT2D eigenvalue weighted by Gasteiger charge is 2.26. The van der Waals surface area contributed by atoms with Crippen LogP contribution in [-0.4, -0.2) is 36.2 Å². The van der Waals surface area contributed by atoms with E-state index in [9.17, 15) is 9.59 Å². The molecule has 0 saturated carbocycles. The number of benzene rings is 2. The average molecular weight is 367 g/mol. The van der Waals surface area contributed by atoms with Crippen molar-refractivity contribution in [1.82, 2.24) is 4.90 Å². The van der Waals surface area contributed by atoms with Crippen molar-refractivity contribution < 1.29 is 14.3 Å². The number of hydrogen-bond acceptors (Lipinski definition) is 3. The van der Waals surface area contributed by atoms with Gasteiger partial charge in [0.05, 0.1) is 6.61 Å². The van der Waals surface area contributed by atoms with Crippen LogP contribution in [0.2, 0.25) is 0 Å². The number of carbonyl (C=O) groups excluding carboxylic acids is 2. The van der Waals surface area contributed by atoms with Gasteiger partial charge >= 0.3 is 12.1 Å². The Morgan fingerprint density at radius 3 is 2.22 bits per heavy atom. The van der Waals surface area contributed by atoms with Gasteiger partial charge in [-0.15, -0.1) is 0 Å². The second kappa shape index (κ2) is 9.62. The number of amides is 3. The molecular weight excluding hydrogens is 342 g/mol. The summed E-state index contributed by atoms with van der Waals surface area (Å²) in [5.41, 5.74) is 1.48. The molecule has 0 bridgehead atoms. The third-order valence-electron chi connectivity index (χ3n) is 4.62. The number of nitrogens with zero attached hydrogens (tertiary/aromatic N) is 1. The summed E-state index contributed by atoms with van der Waals surface area (Å²) < 4.78 is 5.29. The normalized spacial score (nSPS) is 16.4. The fourth-order valence-electron chi connectivity index (χ4n) is 3.25. The van der Waals surface area contributed by atoms with Gasteiger partial charge in [-0.3, -0.25) is 5.32 Å². The third kappa shape index (κ3) is 5.74. The van der Waals surface area contributed by atoms with Gasteiger partial charge in [0.25, 0.3) is 0 Å². The molecule has 1 aliphatic heterocycles. The number of anilines is 2. The first-order valence-corrected chi connectivity index (χ1v) is 9.34. The van der Waals surface area contributed by atoms with E-state index in [4.69, 9.17) is 4.74 Å². The number of para-hydroxylation sites is 2. The predicted octanol–water partition coefficient (Wildman–Crippen LogP) is 4.71. The molecule has 2 aromatic carbocycles. The summed E-state index contributed by atoms with van der Waals surface area (Å²) in [4.78, 5) is 26.4. The Morgan fingerprint density at radius 1 is 0.926 bits per heavy atom. The Morgan fingerprint density at radius 2 is 1.56 bits per heavy atom. The minimum atomic E-state index is -0.475. The van der Waals surface area contributed by atoms with Crippen LogP contribution in [0.4, 0.5) is 21.0 Å². The van der Waals surface area contributed by atoms with E-state index in [1.165, 1.54) is 0 Å². The first-order valence-electron chi connectivity index (χ1n) is 9.34. The Kier molecular flexibility index (Phi) is 6.68. The lowest BCUT2D eigenvalue weighted by molar-refractivity contribution is 0.123. The van der Waals surface area contributed by atoms with Crippen molar-refractivity contribution in [1.29, 1.82) is 0 Å². The van der Waals surface area contributed by atoms with Gasteiger partial charge in [0.15, 0.2) is 0 Å². The highest BCUT2D eigenvalue weighted by atomic mass is 16.5. The second-order valence-corrected chi connectivity index (χ2v) is 6.55. The first-order chi connectivity index (χ1) is 13.2. The maximum Gasteiger partial charge on any atom is 0.411 e. The van der Waals surface area contributed by atoms with Crippen LogP contribution >= 0.6 is 0 Å². The van der Waals surface area contributed by atoms with Crippen LogP contribution in [0.25, 0.3) is 0 Å². The van der Waals surface area contributed by atoms with E-state index >= 15 is 0 Å². The quantitative estimate of drug-likeness (QED) is 0.804. The number of likely N-dealkylation sites (tertiary alicyclic amines) is 1. The highest BCUT2D eigenvalue weighted by Crippen LogP contribution is 2.21. The number of piperidine rings is 1. The molecule has 2 N–H and O–H groups in total. The van der Waals surface area contributed by atoms with Gasteiger partial charge in [0.2, 0.25) is 0 Å². The average Bonchev–Trinajstić information content (AvgIpc) is 2.70. The molecule has 0 spiro atoms. The number of urea groups is 1. The van der Waals surface area contributed by atoms with Crippen molar-refractivity contribution in [3.63, 3.8) is 0 Å². The van der Waals surface area contributed by atoms with Crippen LogP contribution < -0.4 is 10.6 Å². The summed E-state index contributed by atoms with van der Waals surface area (Å²) in [6.07, 6.45) is 3.15. The molecule has 2 aromatic rings. The van der Waals surface area contributed by atoms with Crippen LogP contribution in [0, 0.1) is 0 Å². The standard InChI is InChI=1S/C21H25N3O3/c25-20(22-17-9-3-1-4-10-17)24-15-8-7-13-19(24)14-16-27-21(26)23-18-11-5-2-6-12-18/h1-6,9-12,19H,7-8,13-16H2,(H,22,25)(H,23,26)/t19-/m0/s1. The summed E-state index contributed by atoms with van der Waals surface area (Å²) in [6, 6.07) is 18.6. The smallest absolute Gasteiger partial charge is 0.411 e. The minimum Gasteiger partial charge on any atom is -0.449 e. The van der Waals surface area contributed by atoms with Crippen molar-refractivity contribution >= 4 is 23.5 Å². The molecule has 3 rings (SSSR count). The molecule has 0 aromatic heterocycles. The van der Waals surface area contributed by atoms with E-state index in [-0.39, 0.29) is 18.7 Å². The van der Waals surface area contributed by atoms with Gasteiger partial charge in [0.1, 0.15) is 0 Å². The largest absolute Gasteiger partial charge is 0.449 e. The zero-order valence-electron chi connectivity index (χ0n) is 15.3. The van der Waals surface area contributed by atoms with Crippen LogP contribution in [0.3, 0.4) is 0 Å². The van der Waals surface area contributed by atoms with Gasteiger partial charge in [-0.2, -0.15) is 0 Å². The lowest BCUT2D eigenvalue weighted by atomic mass is 10.00. The maximum absolute atomic E-state index is 12.6. The second-order valence-electron chi connectivity index (χ2n) is 6.55. The summed E-state index contributed by atoms with van der Waals surface area (Å²) in [6.45, 7) is 0.998. The summed E-state index contributed by atoms with van der Waals surface area (Å²) in [5, 5.41) is 5.63. The predicted molar refractivity (Wildman–Crippen MR) is 106 cm³/mol. The molecule has 1 fully saturated rings. The molecular formula is C21H25N3O3. The van der Waals surface area contributed by atoms with Gasteiger partial charge < -0.3 is 15.0 Å². The molecule has 1 aliphatic rings. The van der Waals surface area contributed by atoms with Gasteiger partial charge in [-0.05, 0) is 43.5 Å². The molecule has 27 heavy (non-hydrogen) atoms. The lowest BCUT2D eigenvalue weighted by Gasteiger charge is -2.35. The van der Waals surface area contributed by atoms with Crippen LogP contribution in [-0.2, 0) is 4.74 Å². The Balaban J connectivity index is 1.47. The Hall–Kier alpha value is -3.02. The molecule has 0 aliphatic carbocycles. The topological polar surface area (TPSA) is 70.7 Å². The van der Waals surface area contributed by atoms with E-state index < -0.39 is 6.09 Å². The van der Waals surface area contributed by atoms with Crippen molar-refractivity contribution in [2.75, 3.05) is 23.8 Å². The molecule has 3 amide bonds. The SMILES string of the molecule is O=C(Nc1ccccc1)OCC[C@@H]1CCCCN1C(=O)Nc1ccccc1. The Labute approximate surface area is 159 Å². The molecule has 1 saturated heterocycles. The van der Waals surface area contributed by atoms with Crippen molar-refractivity contribution in [2.45, 2.75) is 31.7 Å². The molecule has 0 unspecified atom stereocenters. The van der Waals surface area contributed by atoms with Crippen LogP contribution in [0.1, 0.15) is 25.7 Å². The molecule has 0 radical (unpaired) electrons. The number of ether oxygens (including phenoxy) is 1. The summed E-state index contributed by atoms with van der Waals surface area (Å²) >= 11 is 0. The summed E-state index contributed by atoms with van der Waals surface area (Å²) in [7, 11) is 0. The fourth-order valence-corrected chi connectivity index (χ4v) is 3.25. The van der Waals surface area contributed by atoms with Crippen molar-refractivity contribution in [2.24, 2.45) is 0 Å². The number of nitrogens with one attached hydrogen (secondary N) is 2. The molecule has 6 heteroatoms. The van der Waals surface area contributed by atoms with Gasteiger partial charge in [-0.25, -0.2) is 9.59 Å². The highest BCUT2D eigenvalue weighted by molar-refractivity contribution is 5.89. The van der Waals surface area contributed by atoms with Crippen molar-refractivity contribution in [3.05, 3.63) is 60.7 Å². The number of carbonyl (C=O) groups is 2. The fraction of sp³-hybridized carbons (Fsp3) is 0.333. The van der Waals surface area contributed by atoms with E-state index in [0.29, 0.717) is 12.1 Å². The maximum atomic E-state index is 12.6. The Bertz CT molecular complexity index is 737. The van der Waals surface area contributed by atoms with Crippen LogP contribution in [0.5, 0.6) is 0 Å². The minimum absolute atomic E-state index is 0.0759. The van der Waals surface area contributed by atoms with E-state index in [1.807, 2.05) is 53.4 Å². The van der Waals surface area contributed by atoms with E-state index in [0.717, 1.165) is 31.5 Å². The zero-order valence-corrected chi connectivity index (χ0v) is 15.3.